The summed E-state index contributed by atoms with van der Waals surface area (Å²) in [7, 11) is 0. The fourth-order valence-electron chi connectivity index (χ4n) is 4.17. The summed E-state index contributed by atoms with van der Waals surface area (Å²) in [6.07, 6.45) is 1.73. The van der Waals surface area contributed by atoms with Crippen molar-refractivity contribution in [3.8, 4) is 5.75 Å². The lowest BCUT2D eigenvalue weighted by Crippen LogP contribution is -2.31. The van der Waals surface area contributed by atoms with Gasteiger partial charge >= 0.3 is 0 Å². The lowest BCUT2D eigenvalue weighted by atomic mass is 10.1. The van der Waals surface area contributed by atoms with Gasteiger partial charge in [-0.25, -0.2) is 0 Å². The van der Waals surface area contributed by atoms with Gasteiger partial charge in [0.25, 0.3) is 5.91 Å². The highest BCUT2D eigenvalue weighted by Gasteiger charge is 2.27. The number of aliphatic hydroxyl groups is 1. The second-order valence-corrected chi connectivity index (χ2v) is 8.55. The predicted molar refractivity (Wildman–Crippen MR) is 124 cm³/mol. The van der Waals surface area contributed by atoms with Crippen molar-refractivity contribution in [2.45, 2.75) is 52.0 Å². The van der Waals surface area contributed by atoms with Crippen LogP contribution in [0.4, 0.5) is 5.69 Å². The van der Waals surface area contributed by atoms with E-state index in [1.807, 2.05) is 44.2 Å². The molecule has 2 heterocycles. The van der Waals surface area contributed by atoms with E-state index in [2.05, 4.69) is 35.3 Å². The van der Waals surface area contributed by atoms with Crippen LogP contribution in [0.25, 0.3) is 0 Å². The maximum absolute atomic E-state index is 12.8. The molecule has 0 fully saturated rings. The van der Waals surface area contributed by atoms with E-state index in [4.69, 9.17) is 9.15 Å². The Hall–Kier alpha value is -3.25. The highest BCUT2D eigenvalue weighted by atomic mass is 16.5. The highest BCUT2D eigenvalue weighted by molar-refractivity contribution is 5.93. The van der Waals surface area contributed by atoms with Crippen molar-refractivity contribution in [3.63, 3.8) is 0 Å². The van der Waals surface area contributed by atoms with Crippen molar-refractivity contribution >= 4 is 11.6 Å². The number of ether oxygens (including phenoxy) is 1. The summed E-state index contributed by atoms with van der Waals surface area (Å²) in [6.45, 7) is 6.76. The van der Waals surface area contributed by atoms with Gasteiger partial charge in [0.15, 0.2) is 5.76 Å². The Balaban J connectivity index is 1.40. The van der Waals surface area contributed by atoms with Crippen molar-refractivity contribution in [3.05, 3.63) is 83.3 Å². The number of hydrogen-bond acceptors (Lipinski definition) is 5. The molecule has 1 amide bonds. The number of fused-ring (bicyclic) bond motifs is 1. The molecule has 0 saturated heterocycles. The third kappa shape index (κ3) is 4.81. The third-order valence-electron chi connectivity index (χ3n) is 5.71. The van der Waals surface area contributed by atoms with Gasteiger partial charge in [-0.1, -0.05) is 30.3 Å². The van der Waals surface area contributed by atoms with Crippen LogP contribution in [-0.4, -0.2) is 29.7 Å². The van der Waals surface area contributed by atoms with Crippen LogP contribution in [-0.2, 0) is 13.0 Å². The Morgan fingerprint density at radius 3 is 2.84 bits per heavy atom. The fraction of sp³-hybridized carbons (Fsp3) is 0.346. The van der Waals surface area contributed by atoms with E-state index in [0.29, 0.717) is 23.9 Å². The number of carbonyl (C=O) groups is 1. The number of amides is 1. The molecule has 2 unspecified atom stereocenters. The highest BCUT2D eigenvalue weighted by Crippen LogP contribution is 2.33. The first kappa shape index (κ1) is 22.0. The van der Waals surface area contributed by atoms with Crippen LogP contribution >= 0.6 is 0 Å². The predicted octanol–water partition coefficient (Wildman–Crippen LogP) is 4.48. The molecule has 0 spiro atoms. The lowest BCUT2D eigenvalue weighted by molar-refractivity contribution is 0.0887. The molecule has 4 rings (SSSR count). The molecule has 0 aliphatic carbocycles. The first-order valence-electron chi connectivity index (χ1n) is 11.1. The molecular formula is C26H30N2O4. The fourth-order valence-corrected chi connectivity index (χ4v) is 4.17. The number of nitrogens with zero attached hydrogens (tertiary/aromatic N) is 1. The number of rotatable bonds is 8. The second kappa shape index (κ2) is 9.49. The van der Waals surface area contributed by atoms with Gasteiger partial charge in [0.05, 0.1) is 18.5 Å². The van der Waals surface area contributed by atoms with E-state index < -0.39 is 6.10 Å². The molecule has 1 aliphatic rings. The summed E-state index contributed by atoms with van der Waals surface area (Å²) in [6, 6.07) is 17.8. The lowest BCUT2D eigenvalue weighted by Gasteiger charge is -2.24. The third-order valence-corrected chi connectivity index (χ3v) is 5.71. The van der Waals surface area contributed by atoms with Crippen molar-refractivity contribution in [2.24, 2.45) is 0 Å². The Labute approximate surface area is 188 Å². The zero-order chi connectivity index (χ0) is 22.7. The second-order valence-electron chi connectivity index (χ2n) is 8.55. The van der Waals surface area contributed by atoms with Gasteiger partial charge in [-0.3, -0.25) is 4.79 Å². The van der Waals surface area contributed by atoms with Gasteiger partial charge in [0.1, 0.15) is 5.75 Å². The monoisotopic (exact) mass is 434 g/mol. The number of aliphatic hydroxyl groups excluding tert-OH is 1. The normalized spacial score (nSPS) is 16.2. The summed E-state index contributed by atoms with van der Waals surface area (Å²) < 4.78 is 11.2. The van der Waals surface area contributed by atoms with Crippen LogP contribution in [0.1, 0.15) is 54.1 Å². The minimum atomic E-state index is -0.849. The molecule has 168 valence electrons. The Morgan fingerprint density at radius 1 is 1.22 bits per heavy atom. The molecule has 0 bridgehead atoms. The number of benzene rings is 2. The van der Waals surface area contributed by atoms with Crippen LogP contribution in [0.3, 0.4) is 0 Å². The number of hydrogen-bond donors (Lipinski definition) is 2. The molecule has 2 aromatic carbocycles. The van der Waals surface area contributed by atoms with Gasteiger partial charge in [-0.2, -0.15) is 0 Å². The molecule has 32 heavy (non-hydrogen) atoms. The standard InChI is InChI=1S/C26H30N2O4/c1-17(2)32-22-9-6-8-20(14-22)24(29)15-27-26(30)25-21(11-12-31-25)16-28-18(3)13-19-7-4-5-10-23(19)28/h4-12,14,17-18,24,29H,13,15-16H2,1-3H3,(H,27,30). The molecule has 1 aliphatic heterocycles. The van der Waals surface area contributed by atoms with E-state index in [9.17, 15) is 9.90 Å². The molecule has 0 radical (unpaired) electrons. The van der Waals surface area contributed by atoms with E-state index >= 15 is 0 Å². The number of anilines is 1. The SMILES string of the molecule is CC(C)Oc1cccc(C(O)CNC(=O)c2occc2CN2c3ccccc3CC2C)c1. The molecule has 6 heteroatoms. The maximum Gasteiger partial charge on any atom is 0.287 e. The molecule has 2 N–H and O–H groups in total. The summed E-state index contributed by atoms with van der Waals surface area (Å²) in [4.78, 5) is 15.1. The Bertz CT molecular complexity index is 1070. The topological polar surface area (TPSA) is 74.9 Å². The number of para-hydroxylation sites is 1. The molecule has 0 saturated carbocycles. The molecule has 3 aromatic rings. The minimum absolute atomic E-state index is 0.0461. The van der Waals surface area contributed by atoms with Gasteiger partial charge in [0.2, 0.25) is 0 Å². The van der Waals surface area contributed by atoms with Crippen LogP contribution in [0.15, 0.2) is 65.3 Å². The average molecular weight is 435 g/mol. The number of nitrogens with one attached hydrogen (secondary N) is 1. The smallest absolute Gasteiger partial charge is 0.287 e. The zero-order valence-electron chi connectivity index (χ0n) is 18.7. The van der Waals surface area contributed by atoms with Crippen molar-refractivity contribution in [2.75, 3.05) is 11.4 Å². The quantitative estimate of drug-likeness (QED) is 0.547. The Kier molecular flexibility index (Phi) is 6.51. The van der Waals surface area contributed by atoms with Crippen LogP contribution in [0.5, 0.6) is 5.75 Å². The van der Waals surface area contributed by atoms with Gasteiger partial charge in [0, 0.05) is 30.4 Å². The van der Waals surface area contributed by atoms with Crippen molar-refractivity contribution in [1.29, 1.82) is 0 Å². The van der Waals surface area contributed by atoms with Gasteiger partial charge < -0.3 is 24.5 Å². The maximum atomic E-state index is 12.8. The van der Waals surface area contributed by atoms with Crippen LogP contribution < -0.4 is 15.0 Å². The van der Waals surface area contributed by atoms with Crippen molar-refractivity contribution < 1.29 is 19.1 Å². The van der Waals surface area contributed by atoms with Crippen LogP contribution in [0, 0.1) is 0 Å². The summed E-state index contributed by atoms with van der Waals surface area (Å²) in [5, 5.41) is 13.4. The largest absolute Gasteiger partial charge is 0.491 e. The van der Waals surface area contributed by atoms with E-state index in [-0.39, 0.29) is 24.3 Å². The van der Waals surface area contributed by atoms with E-state index in [1.165, 1.54) is 11.3 Å². The first-order valence-corrected chi connectivity index (χ1v) is 11.1. The molecule has 2 atom stereocenters. The van der Waals surface area contributed by atoms with Gasteiger partial charge in [-0.15, -0.1) is 0 Å². The molecule has 1 aromatic heterocycles. The summed E-state index contributed by atoms with van der Waals surface area (Å²) >= 11 is 0. The van der Waals surface area contributed by atoms with Crippen molar-refractivity contribution in [1.82, 2.24) is 5.32 Å². The van der Waals surface area contributed by atoms with Crippen LogP contribution in [0.2, 0.25) is 0 Å². The number of furan rings is 1. The number of carbonyl (C=O) groups excluding carboxylic acids is 1. The molecular weight excluding hydrogens is 404 g/mol. The first-order chi connectivity index (χ1) is 15.4. The average Bonchev–Trinajstić information content (AvgIpc) is 3.36. The summed E-state index contributed by atoms with van der Waals surface area (Å²) in [5.41, 5.74) is 4.03. The molecule has 6 nitrogen and oxygen atoms in total. The summed E-state index contributed by atoms with van der Waals surface area (Å²) in [5.74, 6) is 0.639. The minimum Gasteiger partial charge on any atom is -0.491 e. The Morgan fingerprint density at radius 2 is 2.03 bits per heavy atom. The van der Waals surface area contributed by atoms with E-state index in [0.717, 1.165) is 12.0 Å². The zero-order valence-corrected chi connectivity index (χ0v) is 18.7. The van der Waals surface area contributed by atoms with Gasteiger partial charge in [-0.05, 0) is 62.6 Å². The van der Waals surface area contributed by atoms with E-state index in [1.54, 1.807) is 12.3 Å².